The zero-order valence-corrected chi connectivity index (χ0v) is 6.49. The van der Waals surface area contributed by atoms with Crippen LogP contribution < -0.4 is 5.32 Å². The average Bonchev–Trinajstić information content (AvgIpc) is 2.09. The topological polar surface area (TPSA) is 12.0 Å². The van der Waals surface area contributed by atoms with E-state index in [1.165, 1.54) is 0 Å². The first kappa shape index (κ1) is 9.77. The Morgan fingerprint density at radius 2 is 1.92 bits per heavy atom. The zero-order valence-electron chi connectivity index (χ0n) is 6.49. The van der Waals surface area contributed by atoms with Crippen LogP contribution in [0.4, 0.5) is 17.6 Å². The molecule has 12 heavy (non-hydrogen) atoms. The van der Waals surface area contributed by atoms with Crippen LogP contribution in [0.1, 0.15) is 12.8 Å². The summed E-state index contributed by atoms with van der Waals surface area (Å²) in [6.45, 7) is 0.376. The van der Waals surface area contributed by atoms with Crippen molar-refractivity contribution in [2.24, 2.45) is 5.92 Å². The van der Waals surface area contributed by atoms with Crippen LogP contribution in [0.2, 0.25) is 0 Å². The van der Waals surface area contributed by atoms with Crippen LogP contribution in [0, 0.1) is 5.92 Å². The van der Waals surface area contributed by atoms with Gasteiger partial charge in [0, 0.05) is 13.0 Å². The molecule has 1 aliphatic rings. The quantitative estimate of drug-likeness (QED) is 0.615. The van der Waals surface area contributed by atoms with Gasteiger partial charge in [-0.25, -0.2) is 17.6 Å². The Bertz CT molecular complexity index is 148. The van der Waals surface area contributed by atoms with Crippen LogP contribution in [0.3, 0.4) is 0 Å². The second kappa shape index (κ2) is 3.60. The standard InChI is InChI=1S/C7H11F4N/c8-6(9)5-1-3-12-4-2-7(5,10)11/h5-6,12H,1-4H2. The third kappa shape index (κ3) is 2.09. The van der Waals surface area contributed by atoms with Gasteiger partial charge in [0.1, 0.15) is 0 Å². The van der Waals surface area contributed by atoms with Gasteiger partial charge in [-0.15, -0.1) is 0 Å². The minimum absolute atomic E-state index is 0.121. The summed E-state index contributed by atoms with van der Waals surface area (Å²) < 4.78 is 49.9. The van der Waals surface area contributed by atoms with E-state index in [9.17, 15) is 17.6 Å². The van der Waals surface area contributed by atoms with E-state index in [2.05, 4.69) is 5.32 Å². The van der Waals surface area contributed by atoms with Crippen molar-refractivity contribution in [2.75, 3.05) is 13.1 Å². The molecular formula is C7H11F4N. The van der Waals surface area contributed by atoms with E-state index < -0.39 is 24.7 Å². The van der Waals surface area contributed by atoms with Crippen LogP contribution >= 0.6 is 0 Å². The lowest BCUT2D eigenvalue weighted by Crippen LogP contribution is -2.33. The summed E-state index contributed by atoms with van der Waals surface area (Å²) in [5, 5.41) is 2.67. The van der Waals surface area contributed by atoms with Crippen molar-refractivity contribution >= 4 is 0 Å². The number of halogens is 4. The number of hydrogen-bond acceptors (Lipinski definition) is 1. The van der Waals surface area contributed by atoms with Crippen molar-refractivity contribution in [2.45, 2.75) is 25.2 Å². The monoisotopic (exact) mass is 185 g/mol. The fraction of sp³-hybridized carbons (Fsp3) is 1.00. The van der Waals surface area contributed by atoms with E-state index in [0.29, 0.717) is 0 Å². The van der Waals surface area contributed by atoms with Gasteiger partial charge in [0.2, 0.25) is 6.43 Å². The first-order valence-corrected chi connectivity index (χ1v) is 3.91. The molecule has 1 atom stereocenters. The number of hydrogen-bond donors (Lipinski definition) is 1. The SMILES string of the molecule is FC(F)C1CCNCCC1(F)F. The molecule has 1 nitrogen and oxygen atoms in total. The molecule has 0 aromatic rings. The van der Waals surface area contributed by atoms with Crippen LogP contribution in [0.15, 0.2) is 0 Å². The van der Waals surface area contributed by atoms with Crippen molar-refractivity contribution in [1.29, 1.82) is 0 Å². The van der Waals surface area contributed by atoms with E-state index in [1.54, 1.807) is 0 Å². The number of alkyl halides is 4. The molecule has 1 fully saturated rings. The summed E-state index contributed by atoms with van der Waals surface area (Å²) in [6.07, 6.45) is -3.55. The lowest BCUT2D eigenvalue weighted by Gasteiger charge is -2.23. The normalized spacial score (nSPS) is 30.2. The van der Waals surface area contributed by atoms with E-state index in [0.717, 1.165) is 0 Å². The maximum atomic E-state index is 12.9. The Labute approximate surface area is 68.1 Å². The van der Waals surface area contributed by atoms with Gasteiger partial charge >= 0.3 is 0 Å². The second-order valence-electron chi connectivity index (χ2n) is 2.99. The molecule has 0 saturated carbocycles. The van der Waals surface area contributed by atoms with Crippen LogP contribution in [-0.2, 0) is 0 Å². The van der Waals surface area contributed by atoms with Gasteiger partial charge in [0.05, 0.1) is 5.92 Å². The van der Waals surface area contributed by atoms with Crippen molar-refractivity contribution < 1.29 is 17.6 Å². The Morgan fingerprint density at radius 3 is 2.50 bits per heavy atom. The summed E-state index contributed by atoms with van der Waals surface area (Å²) in [5.41, 5.74) is 0. The van der Waals surface area contributed by atoms with E-state index in [4.69, 9.17) is 0 Å². The molecule has 1 rings (SSSR count). The Morgan fingerprint density at radius 1 is 1.25 bits per heavy atom. The summed E-state index contributed by atoms with van der Waals surface area (Å²) in [6, 6.07) is 0. The molecule has 1 saturated heterocycles. The summed E-state index contributed by atoms with van der Waals surface area (Å²) >= 11 is 0. The fourth-order valence-corrected chi connectivity index (χ4v) is 1.34. The minimum atomic E-state index is -3.21. The molecule has 0 aromatic heterocycles. The average molecular weight is 185 g/mol. The zero-order chi connectivity index (χ0) is 9.19. The second-order valence-corrected chi connectivity index (χ2v) is 2.99. The molecule has 72 valence electrons. The Balaban J connectivity index is 2.65. The van der Waals surface area contributed by atoms with Crippen LogP contribution in [0.5, 0.6) is 0 Å². The molecule has 0 aliphatic carbocycles. The molecule has 1 N–H and O–H groups in total. The fourth-order valence-electron chi connectivity index (χ4n) is 1.34. The summed E-state index contributed by atoms with van der Waals surface area (Å²) in [4.78, 5) is 0. The number of nitrogens with one attached hydrogen (secondary N) is 1. The molecule has 1 heterocycles. The van der Waals surface area contributed by atoms with Gasteiger partial charge in [-0.05, 0) is 13.0 Å². The van der Waals surface area contributed by atoms with Crippen molar-refractivity contribution in [3.63, 3.8) is 0 Å². The van der Waals surface area contributed by atoms with Gasteiger partial charge in [-0.3, -0.25) is 0 Å². The number of rotatable bonds is 1. The van der Waals surface area contributed by atoms with Gasteiger partial charge in [0.25, 0.3) is 5.92 Å². The largest absolute Gasteiger partial charge is 0.316 e. The molecular weight excluding hydrogens is 174 g/mol. The molecule has 0 radical (unpaired) electrons. The molecule has 5 heteroatoms. The highest BCUT2D eigenvalue weighted by atomic mass is 19.3. The van der Waals surface area contributed by atoms with Crippen molar-refractivity contribution in [3.8, 4) is 0 Å². The first-order chi connectivity index (χ1) is 5.54. The smallest absolute Gasteiger partial charge is 0.257 e. The lowest BCUT2D eigenvalue weighted by atomic mass is 9.97. The molecule has 0 bridgehead atoms. The Hall–Kier alpha value is -0.320. The van der Waals surface area contributed by atoms with E-state index >= 15 is 0 Å². The molecule has 1 aliphatic heterocycles. The molecule has 1 unspecified atom stereocenters. The molecule has 0 spiro atoms. The third-order valence-electron chi connectivity index (χ3n) is 2.11. The molecule has 0 amide bonds. The summed E-state index contributed by atoms with van der Waals surface area (Å²) in [7, 11) is 0. The first-order valence-electron chi connectivity index (χ1n) is 3.91. The maximum absolute atomic E-state index is 12.9. The van der Waals surface area contributed by atoms with Crippen molar-refractivity contribution in [3.05, 3.63) is 0 Å². The lowest BCUT2D eigenvalue weighted by molar-refractivity contribution is -0.116. The van der Waals surface area contributed by atoms with Gasteiger partial charge in [-0.1, -0.05) is 0 Å². The van der Waals surface area contributed by atoms with Crippen LogP contribution in [-0.4, -0.2) is 25.4 Å². The van der Waals surface area contributed by atoms with Gasteiger partial charge in [0.15, 0.2) is 0 Å². The van der Waals surface area contributed by atoms with E-state index in [1.807, 2.05) is 0 Å². The molecule has 0 aromatic carbocycles. The van der Waals surface area contributed by atoms with Crippen LogP contribution in [0.25, 0.3) is 0 Å². The summed E-state index contributed by atoms with van der Waals surface area (Å²) in [5.74, 6) is -4.98. The van der Waals surface area contributed by atoms with E-state index in [-0.39, 0.29) is 19.5 Å². The van der Waals surface area contributed by atoms with Gasteiger partial charge in [-0.2, -0.15) is 0 Å². The van der Waals surface area contributed by atoms with Crippen molar-refractivity contribution in [1.82, 2.24) is 5.32 Å². The third-order valence-corrected chi connectivity index (χ3v) is 2.11. The van der Waals surface area contributed by atoms with Gasteiger partial charge < -0.3 is 5.32 Å². The maximum Gasteiger partial charge on any atom is 0.257 e. The minimum Gasteiger partial charge on any atom is -0.316 e. The predicted molar refractivity (Wildman–Crippen MR) is 36.5 cm³/mol. The highest BCUT2D eigenvalue weighted by Gasteiger charge is 2.45. The highest BCUT2D eigenvalue weighted by Crippen LogP contribution is 2.35. The Kier molecular flexibility index (Phi) is 2.93. The predicted octanol–water partition coefficient (Wildman–Crippen LogP) is 1.89. The highest BCUT2D eigenvalue weighted by molar-refractivity contribution is 4.83.